The Labute approximate surface area is 199 Å². The van der Waals surface area contributed by atoms with Crippen molar-refractivity contribution >= 4 is 12.0 Å². The zero-order chi connectivity index (χ0) is 25.8. The van der Waals surface area contributed by atoms with Gasteiger partial charge in [-0.1, -0.05) is 25.5 Å². The maximum absolute atomic E-state index is 13.7. The molecule has 11 heteroatoms. The smallest absolute Gasteiger partial charge is 0.454 e. The Balaban J connectivity index is 1.71. The highest BCUT2D eigenvalue weighted by molar-refractivity contribution is 5.77. The molecule has 2 heterocycles. The van der Waals surface area contributed by atoms with Gasteiger partial charge in [0.25, 0.3) is 0 Å². The van der Waals surface area contributed by atoms with E-state index in [-0.39, 0.29) is 30.9 Å². The van der Waals surface area contributed by atoms with E-state index in [0.29, 0.717) is 34.2 Å². The van der Waals surface area contributed by atoms with Gasteiger partial charge in [0.1, 0.15) is 17.6 Å². The quantitative estimate of drug-likeness (QED) is 0.427. The van der Waals surface area contributed by atoms with Gasteiger partial charge >= 0.3 is 18.1 Å². The molecule has 192 valence electrons. The molecule has 0 amide bonds. The number of hydrogen-bond acceptors (Lipinski definition) is 5. The van der Waals surface area contributed by atoms with Gasteiger partial charge in [-0.15, -0.1) is 0 Å². The number of carbonyl (C=O) groups is 1. The summed E-state index contributed by atoms with van der Waals surface area (Å²) < 4.78 is 76.7. The number of carboxylic acid groups (broad SMARTS) is 1. The number of rotatable bonds is 10. The highest BCUT2D eigenvalue weighted by Gasteiger charge is 2.59. The van der Waals surface area contributed by atoms with Crippen molar-refractivity contribution in [3.05, 3.63) is 52.7 Å². The Morgan fingerprint density at radius 2 is 2.06 bits per heavy atom. The first-order chi connectivity index (χ1) is 16.4. The number of oxazole rings is 1. The number of aliphatic carboxylic acids is 1. The van der Waals surface area contributed by atoms with E-state index in [4.69, 9.17) is 9.15 Å². The van der Waals surface area contributed by atoms with Crippen LogP contribution in [0.15, 0.2) is 28.7 Å². The number of benzene rings is 1. The number of aryl methyl sites for hydroxylation is 1. The van der Waals surface area contributed by atoms with E-state index in [1.807, 2.05) is 6.08 Å². The van der Waals surface area contributed by atoms with E-state index in [9.17, 15) is 31.9 Å². The van der Waals surface area contributed by atoms with Gasteiger partial charge < -0.3 is 14.3 Å². The molecule has 1 atom stereocenters. The molecule has 1 aromatic heterocycles. The van der Waals surface area contributed by atoms with Crippen molar-refractivity contribution in [3.63, 3.8) is 0 Å². The average Bonchev–Trinajstić information content (AvgIpc) is 3.11. The molecular formula is C24H27F5N2O4. The van der Waals surface area contributed by atoms with Crippen LogP contribution in [0.25, 0.3) is 6.08 Å². The highest BCUT2D eigenvalue weighted by Crippen LogP contribution is 2.40. The first kappa shape index (κ1) is 26.7. The predicted molar refractivity (Wildman–Crippen MR) is 117 cm³/mol. The standard InChI is InChI=1S/C24H27F5N2O4/c1-3-4-5-6-20-30-19(15(2)35-20)10-12-34-17-8-7-16-9-11-31(14-23(25,26)24(27,28)29)21(22(32)33)18(16)13-17/h5-8,13,21H,3-4,9-12,14H2,1-2H3,(H,32,33). The number of halogens is 5. The first-order valence-electron chi connectivity index (χ1n) is 11.2. The molecule has 0 fully saturated rings. The Morgan fingerprint density at radius 1 is 1.31 bits per heavy atom. The lowest BCUT2D eigenvalue weighted by Crippen LogP contribution is -2.51. The lowest BCUT2D eigenvalue weighted by molar-refractivity contribution is -0.288. The summed E-state index contributed by atoms with van der Waals surface area (Å²) in [6.07, 6.45) is 0.436. The number of alkyl halides is 5. The van der Waals surface area contributed by atoms with Gasteiger partial charge in [0.05, 0.1) is 18.8 Å². The van der Waals surface area contributed by atoms with Crippen LogP contribution in [0.5, 0.6) is 5.75 Å². The van der Waals surface area contributed by atoms with Crippen molar-refractivity contribution < 1.29 is 41.0 Å². The molecular weight excluding hydrogens is 475 g/mol. The SMILES string of the molecule is CCCC=Cc1nc(CCOc2ccc3c(c2)C(C(=O)O)N(CC(F)(F)C(F)(F)F)CC3)c(C)o1. The fourth-order valence-corrected chi connectivity index (χ4v) is 3.91. The number of ether oxygens (including phenoxy) is 1. The van der Waals surface area contributed by atoms with Crippen LogP contribution in [-0.2, 0) is 17.6 Å². The van der Waals surface area contributed by atoms with Crippen molar-refractivity contribution in [1.82, 2.24) is 9.88 Å². The Kier molecular flexibility index (Phi) is 8.19. The van der Waals surface area contributed by atoms with Gasteiger partial charge in [-0.2, -0.15) is 22.0 Å². The van der Waals surface area contributed by atoms with Gasteiger partial charge in [0.15, 0.2) is 0 Å². The van der Waals surface area contributed by atoms with E-state index in [1.165, 1.54) is 6.07 Å². The van der Waals surface area contributed by atoms with Crippen molar-refractivity contribution in [2.24, 2.45) is 0 Å². The highest BCUT2D eigenvalue weighted by atomic mass is 19.4. The maximum Gasteiger partial charge on any atom is 0.454 e. The van der Waals surface area contributed by atoms with Crippen LogP contribution in [0.4, 0.5) is 22.0 Å². The monoisotopic (exact) mass is 502 g/mol. The van der Waals surface area contributed by atoms with E-state index in [0.717, 1.165) is 12.8 Å². The predicted octanol–water partition coefficient (Wildman–Crippen LogP) is 5.60. The molecule has 0 saturated heterocycles. The molecule has 0 radical (unpaired) electrons. The second-order valence-electron chi connectivity index (χ2n) is 8.37. The zero-order valence-corrected chi connectivity index (χ0v) is 19.4. The Hall–Kier alpha value is -2.95. The summed E-state index contributed by atoms with van der Waals surface area (Å²) in [5.41, 5.74) is 1.40. The molecule has 1 unspecified atom stereocenters. The van der Waals surface area contributed by atoms with E-state index in [1.54, 1.807) is 25.1 Å². The number of aromatic nitrogens is 1. The third-order valence-electron chi connectivity index (χ3n) is 5.73. The van der Waals surface area contributed by atoms with Crippen LogP contribution in [-0.4, -0.2) is 52.8 Å². The largest absolute Gasteiger partial charge is 0.493 e. The van der Waals surface area contributed by atoms with Crippen molar-refractivity contribution in [1.29, 1.82) is 0 Å². The second kappa shape index (κ2) is 10.8. The normalized spacial score (nSPS) is 17.1. The summed E-state index contributed by atoms with van der Waals surface area (Å²) >= 11 is 0. The van der Waals surface area contributed by atoms with Gasteiger partial charge in [-0.25, -0.2) is 4.98 Å². The van der Waals surface area contributed by atoms with Crippen LogP contribution < -0.4 is 4.74 Å². The fraction of sp³-hybridized carbons (Fsp3) is 0.500. The molecule has 0 bridgehead atoms. The Bertz CT molecular complexity index is 1060. The maximum atomic E-state index is 13.7. The van der Waals surface area contributed by atoms with Crippen LogP contribution in [0.1, 0.15) is 54.3 Å². The van der Waals surface area contributed by atoms with E-state index < -0.39 is 30.7 Å². The number of fused-ring (bicyclic) bond motifs is 1. The van der Waals surface area contributed by atoms with Gasteiger partial charge in [0, 0.05) is 13.0 Å². The zero-order valence-electron chi connectivity index (χ0n) is 19.4. The third-order valence-corrected chi connectivity index (χ3v) is 5.73. The summed E-state index contributed by atoms with van der Waals surface area (Å²) in [6.45, 7) is 2.04. The molecule has 0 spiro atoms. The molecule has 0 aliphatic carbocycles. The van der Waals surface area contributed by atoms with Crippen LogP contribution in [0, 0.1) is 6.92 Å². The second-order valence-corrected chi connectivity index (χ2v) is 8.37. The van der Waals surface area contributed by atoms with Gasteiger partial charge in [-0.3, -0.25) is 9.69 Å². The minimum atomic E-state index is -5.77. The molecule has 2 aromatic rings. The first-order valence-corrected chi connectivity index (χ1v) is 11.2. The fourth-order valence-electron chi connectivity index (χ4n) is 3.91. The number of unbranched alkanes of at least 4 members (excludes halogenated alkanes) is 1. The van der Waals surface area contributed by atoms with Crippen molar-refractivity contribution in [2.75, 3.05) is 19.7 Å². The topological polar surface area (TPSA) is 75.8 Å². The number of carboxylic acids is 1. The minimum absolute atomic E-state index is 0.139. The van der Waals surface area contributed by atoms with E-state index >= 15 is 0 Å². The molecule has 0 saturated carbocycles. The molecule has 1 N–H and O–H groups in total. The minimum Gasteiger partial charge on any atom is -0.493 e. The van der Waals surface area contributed by atoms with E-state index in [2.05, 4.69) is 11.9 Å². The summed E-state index contributed by atoms with van der Waals surface area (Å²) in [6, 6.07) is 2.97. The van der Waals surface area contributed by atoms with Gasteiger partial charge in [-0.05, 0) is 49.1 Å². The summed E-state index contributed by atoms with van der Waals surface area (Å²) in [5, 5.41) is 9.65. The molecule has 1 aliphatic heterocycles. The molecule has 1 aromatic carbocycles. The number of nitrogens with zero attached hydrogens (tertiary/aromatic N) is 2. The number of hydrogen-bond donors (Lipinski definition) is 1. The van der Waals surface area contributed by atoms with Crippen molar-refractivity contribution in [2.45, 2.75) is 57.7 Å². The molecule has 1 aliphatic rings. The van der Waals surface area contributed by atoms with Gasteiger partial charge in [0.2, 0.25) is 5.89 Å². The summed E-state index contributed by atoms with van der Waals surface area (Å²) in [4.78, 5) is 16.9. The summed E-state index contributed by atoms with van der Waals surface area (Å²) in [5.74, 6) is -5.14. The molecule has 6 nitrogen and oxygen atoms in total. The molecule has 3 rings (SSSR count). The number of allylic oxidation sites excluding steroid dienone is 1. The van der Waals surface area contributed by atoms with Crippen LogP contribution in [0.3, 0.4) is 0 Å². The lowest BCUT2D eigenvalue weighted by Gasteiger charge is -2.37. The lowest BCUT2D eigenvalue weighted by atomic mass is 9.92. The van der Waals surface area contributed by atoms with Crippen LogP contribution in [0.2, 0.25) is 0 Å². The summed E-state index contributed by atoms with van der Waals surface area (Å²) in [7, 11) is 0. The van der Waals surface area contributed by atoms with Crippen molar-refractivity contribution in [3.8, 4) is 5.75 Å². The van der Waals surface area contributed by atoms with Crippen LogP contribution >= 0.6 is 0 Å². The Morgan fingerprint density at radius 3 is 2.71 bits per heavy atom. The average molecular weight is 502 g/mol. The molecule has 35 heavy (non-hydrogen) atoms. The third kappa shape index (κ3) is 6.39.